The number of nitrogens with zero attached hydrogens (tertiary/aromatic N) is 4. The molecule has 0 bridgehead atoms. The maximum Gasteiger partial charge on any atom is 0.188 e. The molecule has 1 N–H and O–H groups in total. The Hall–Kier alpha value is -1.01. The zero-order valence-corrected chi connectivity index (χ0v) is 10.1. The van der Waals surface area contributed by atoms with Crippen LogP contribution in [0.5, 0.6) is 0 Å². The molecule has 0 aliphatic carbocycles. The first kappa shape index (κ1) is 11.5. The Balaban J connectivity index is 1.82. The molecule has 1 aromatic rings. The van der Waals surface area contributed by atoms with E-state index in [-0.39, 0.29) is 5.60 Å². The van der Waals surface area contributed by atoms with Gasteiger partial charge in [-0.1, -0.05) is 0 Å². The van der Waals surface area contributed by atoms with E-state index in [0.29, 0.717) is 12.6 Å². The van der Waals surface area contributed by atoms with Crippen molar-refractivity contribution in [1.29, 1.82) is 0 Å². The van der Waals surface area contributed by atoms with Crippen LogP contribution in [-0.2, 0) is 18.3 Å². The zero-order chi connectivity index (χ0) is 11.6. The van der Waals surface area contributed by atoms with E-state index < -0.39 is 0 Å². The first-order valence-electron chi connectivity index (χ1n) is 5.65. The number of aromatic nitrogens is 4. The molecule has 1 fully saturated rings. The van der Waals surface area contributed by atoms with Crippen LogP contribution >= 0.6 is 0 Å². The van der Waals surface area contributed by atoms with E-state index in [9.17, 15) is 0 Å². The standard InChI is InChI=1S/C10H19N5O/c1-10(2)6-8(4-5-16-10)11-7-9-12-14-15(3)13-9/h8,11H,4-7H2,1-3H3. The molecule has 1 aromatic heterocycles. The fourth-order valence-corrected chi connectivity index (χ4v) is 2.04. The summed E-state index contributed by atoms with van der Waals surface area (Å²) in [6, 6.07) is 0.479. The van der Waals surface area contributed by atoms with Gasteiger partial charge in [-0.3, -0.25) is 0 Å². The topological polar surface area (TPSA) is 64.9 Å². The van der Waals surface area contributed by atoms with E-state index >= 15 is 0 Å². The summed E-state index contributed by atoms with van der Waals surface area (Å²) in [4.78, 5) is 1.48. The maximum atomic E-state index is 5.66. The van der Waals surface area contributed by atoms with Crippen molar-refractivity contribution in [2.24, 2.45) is 7.05 Å². The molecular weight excluding hydrogens is 206 g/mol. The molecule has 1 atom stereocenters. The molecule has 6 heteroatoms. The Kier molecular flexibility index (Phi) is 3.20. The summed E-state index contributed by atoms with van der Waals surface area (Å²) in [6.45, 7) is 5.75. The van der Waals surface area contributed by atoms with E-state index in [4.69, 9.17) is 4.74 Å². The van der Waals surface area contributed by atoms with E-state index in [1.54, 1.807) is 7.05 Å². The van der Waals surface area contributed by atoms with Crippen molar-refractivity contribution in [2.45, 2.75) is 44.9 Å². The van der Waals surface area contributed by atoms with Gasteiger partial charge in [-0.15, -0.1) is 10.2 Å². The molecule has 0 radical (unpaired) electrons. The highest BCUT2D eigenvalue weighted by molar-refractivity contribution is 4.85. The summed E-state index contributed by atoms with van der Waals surface area (Å²) in [5, 5.41) is 15.3. The highest BCUT2D eigenvalue weighted by Crippen LogP contribution is 2.23. The van der Waals surface area contributed by atoms with Gasteiger partial charge in [-0.25, -0.2) is 0 Å². The number of ether oxygens (including phenoxy) is 1. The Labute approximate surface area is 95.4 Å². The zero-order valence-electron chi connectivity index (χ0n) is 10.1. The molecule has 16 heavy (non-hydrogen) atoms. The van der Waals surface area contributed by atoms with Gasteiger partial charge in [-0.05, 0) is 31.9 Å². The molecule has 6 nitrogen and oxygen atoms in total. The van der Waals surface area contributed by atoms with Crippen LogP contribution < -0.4 is 5.32 Å². The van der Waals surface area contributed by atoms with Gasteiger partial charge in [0.2, 0.25) is 0 Å². The first-order chi connectivity index (χ1) is 7.55. The van der Waals surface area contributed by atoms with Gasteiger partial charge in [0.1, 0.15) is 0 Å². The monoisotopic (exact) mass is 225 g/mol. The van der Waals surface area contributed by atoms with Crippen LogP contribution in [0.4, 0.5) is 0 Å². The number of hydrogen-bond donors (Lipinski definition) is 1. The minimum absolute atomic E-state index is 0.0221. The van der Waals surface area contributed by atoms with Crippen LogP contribution in [0, 0.1) is 0 Å². The third-order valence-electron chi connectivity index (χ3n) is 2.80. The van der Waals surface area contributed by atoms with Gasteiger partial charge in [0.15, 0.2) is 5.82 Å². The maximum absolute atomic E-state index is 5.66. The van der Waals surface area contributed by atoms with E-state index in [1.807, 2.05) is 0 Å². The SMILES string of the molecule is Cn1nnc(CNC2CCOC(C)(C)C2)n1. The Morgan fingerprint density at radius 3 is 3.00 bits per heavy atom. The van der Waals surface area contributed by atoms with Crippen LogP contribution in [0.25, 0.3) is 0 Å². The average molecular weight is 225 g/mol. The molecule has 90 valence electrons. The van der Waals surface area contributed by atoms with Crippen molar-refractivity contribution >= 4 is 0 Å². The fraction of sp³-hybridized carbons (Fsp3) is 0.900. The van der Waals surface area contributed by atoms with Crippen molar-refractivity contribution < 1.29 is 4.74 Å². The van der Waals surface area contributed by atoms with E-state index in [0.717, 1.165) is 25.3 Å². The Morgan fingerprint density at radius 2 is 2.38 bits per heavy atom. The van der Waals surface area contributed by atoms with Gasteiger partial charge in [0.25, 0.3) is 0 Å². The van der Waals surface area contributed by atoms with Gasteiger partial charge in [0, 0.05) is 12.6 Å². The second-order valence-electron chi connectivity index (χ2n) is 4.87. The van der Waals surface area contributed by atoms with Gasteiger partial charge < -0.3 is 10.1 Å². The average Bonchev–Trinajstić information content (AvgIpc) is 2.60. The quantitative estimate of drug-likeness (QED) is 0.799. The predicted molar refractivity (Wildman–Crippen MR) is 58.7 cm³/mol. The minimum Gasteiger partial charge on any atom is -0.375 e. The molecule has 1 unspecified atom stereocenters. The lowest BCUT2D eigenvalue weighted by molar-refractivity contribution is -0.0631. The first-order valence-corrected chi connectivity index (χ1v) is 5.65. The molecule has 2 heterocycles. The van der Waals surface area contributed by atoms with E-state index in [2.05, 4.69) is 34.6 Å². The summed E-state index contributed by atoms with van der Waals surface area (Å²) in [5.41, 5.74) is -0.0221. The third kappa shape index (κ3) is 2.99. The molecule has 2 rings (SSSR count). The minimum atomic E-state index is -0.0221. The lowest BCUT2D eigenvalue weighted by Crippen LogP contribution is -2.43. The van der Waals surface area contributed by atoms with E-state index in [1.165, 1.54) is 4.80 Å². The normalized spacial score (nSPS) is 24.6. The van der Waals surface area contributed by atoms with Crippen molar-refractivity contribution in [3.8, 4) is 0 Å². The highest BCUT2D eigenvalue weighted by atomic mass is 16.5. The molecular formula is C10H19N5O. The largest absolute Gasteiger partial charge is 0.375 e. The van der Waals surface area contributed by atoms with Crippen molar-refractivity contribution in [1.82, 2.24) is 25.5 Å². The smallest absolute Gasteiger partial charge is 0.188 e. The number of hydrogen-bond acceptors (Lipinski definition) is 5. The molecule has 0 amide bonds. The summed E-state index contributed by atoms with van der Waals surface area (Å²) in [7, 11) is 1.77. The summed E-state index contributed by atoms with van der Waals surface area (Å²) in [6.07, 6.45) is 2.07. The summed E-state index contributed by atoms with van der Waals surface area (Å²) in [5.74, 6) is 0.742. The number of tetrazole rings is 1. The molecule has 1 aliphatic heterocycles. The fourth-order valence-electron chi connectivity index (χ4n) is 2.04. The van der Waals surface area contributed by atoms with Crippen LogP contribution in [0.2, 0.25) is 0 Å². The third-order valence-corrected chi connectivity index (χ3v) is 2.80. The van der Waals surface area contributed by atoms with Crippen LogP contribution in [0.15, 0.2) is 0 Å². The lowest BCUT2D eigenvalue weighted by Gasteiger charge is -2.35. The van der Waals surface area contributed by atoms with Crippen molar-refractivity contribution in [2.75, 3.05) is 6.61 Å². The number of rotatable bonds is 3. The van der Waals surface area contributed by atoms with Crippen molar-refractivity contribution in [3.05, 3.63) is 5.82 Å². The summed E-state index contributed by atoms with van der Waals surface area (Å²) < 4.78 is 5.66. The highest BCUT2D eigenvalue weighted by Gasteiger charge is 2.28. The lowest BCUT2D eigenvalue weighted by atomic mass is 9.94. The second-order valence-corrected chi connectivity index (χ2v) is 4.87. The molecule has 1 aliphatic rings. The molecule has 1 saturated heterocycles. The van der Waals surface area contributed by atoms with Crippen LogP contribution in [0.3, 0.4) is 0 Å². The van der Waals surface area contributed by atoms with Crippen LogP contribution in [0.1, 0.15) is 32.5 Å². The molecule has 0 spiro atoms. The molecule has 0 aromatic carbocycles. The number of aryl methyl sites for hydroxylation is 1. The molecule has 0 saturated carbocycles. The van der Waals surface area contributed by atoms with Crippen LogP contribution in [-0.4, -0.2) is 38.5 Å². The Morgan fingerprint density at radius 1 is 1.56 bits per heavy atom. The van der Waals surface area contributed by atoms with Gasteiger partial charge in [-0.2, -0.15) is 4.80 Å². The predicted octanol–water partition coefficient (Wildman–Crippen LogP) is 0.257. The van der Waals surface area contributed by atoms with Gasteiger partial charge in [0.05, 0.1) is 19.2 Å². The number of nitrogens with one attached hydrogen (secondary N) is 1. The van der Waals surface area contributed by atoms with Crippen molar-refractivity contribution in [3.63, 3.8) is 0 Å². The second kappa shape index (κ2) is 4.47. The summed E-state index contributed by atoms with van der Waals surface area (Å²) >= 11 is 0. The Bertz CT molecular complexity index is 349. The van der Waals surface area contributed by atoms with Gasteiger partial charge >= 0.3 is 0 Å².